The third-order valence-electron chi connectivity index (χ3n) is 3.48. The number of H-pyrrole nitrogens is 1. The van der Waals surface area contributed by atoms with Gasteiger partial charge < -0.3 is 14.4 Å². The van der Waals surface area contributed by atoms with Gasteiger partial charge in [0.05, 0.1) is 13.0 Å². The SMILES string of the molecule is CCOC(=O)C(Cc1ncn[nH]1)(OC(=O)N(C)C)c1ccc(Br)cc1Cl. The maximum atomic E-state index is 12.9. The van der Waals surface area contributed by atoms with Crippen molar-refractivity contribution in [3.63, 3.8) is 0 Å². The summed E-state index contributed by atoms with van der Waals surface area (Å²) in [6.07, 6.45) is 0.450. The van der Waals surface area contributed by atoms with E-state index in [2.05, 4.69) is 31.1 Å². The number of aromatic amines is 1. The highest BCUT2D eigenvalue weighted by Crippen LogP contribution is 2.37. The lowest BCUT2D eigenvalue weighted by Crippen LogP contribution is -2.46. The molecular weight excluding hydrogens is 428 g/mol. The molecule has 1 atom stereocenters. The lowest BCUT2D eigenvalue weighted by molar-refractivity contribution is -0.167. The van der Waals surface area contributed by atoms with Crippen LogP contribution in [0.3, 0.4) is 0 Å². The third kappa shape index (κ3) is 4.34. The molecule has 2 aromatic rings. The summed E-state index contributed by atoms with van der Waals surface area (Å²) in [6.45, 7) is 1.76. The van der Waals surface area contributed by atoms with Gasteiger partial charge in [0, 0.05) is 29.2 Å². The summed E-state index contributed by atoms with van der Waals surface area (Å²) in [7, 11) is 3.02. The lowest BCUT2D eigenvalue weighted by Gasteiger charge is -2.32. The summed E-state index contributed by atoms with van der Waals surface area (Å²) in [6, 6.07) is 4.90. The zero-order valence-electron chi connectivity index (χ0n) is 14.5. The highest BCUT2D eigenvalue weighted by atomic mass is 79.9. The van der Waals surface area contributed by atoms with Gasteiger partial charge in [-0.1, -0.05) is 33.6 Å². The molecule has 0 saturated carbocycles. The number of carbonyl (C=O) groups is 2. The summed E-state index contributed by atoms with van der Waals surface area (Å²) in [4.78, 5) is 30.5. The highest BCUT2D eigenvalue weighted by molar-refractivity contribution is 9.10. The van der Waals surface area contributed by atoms with Crippen molar-refractivity contribution >= 4 is 39.6 Å². The number of carbonyl (C=O) groups excluding carboxylic acids is 2. The van der Waals surface area contributed by atoms with Crippen molar-refractivity contribution < 1.29 is 19.1 Å². The van der Waals surface area contributed by atoms with E-state index in [9.17, 15) is 9.59 Å². The molecule has 8 nitrogen and oxygen atoms in total. The minimum atomic E-state index is -1.82. The van der Waals surface area contributed by atoms with Crippen LogP contribution in [0.4, 0.5) is 4.79 Å². The summed E-state index contributed by atoms with van der Waals surface area (Å²) in [5.74, 6) is -0.417. The molecule has 0 fully saturated rings. The Morgan fingerprint density at radius 3 is 2.65 bits per heavy atom. The quantitative estimate of drug-likeness (QED) is 0.687. The second kappa shape index (κ2) is 8.50. The van der Waals surface area contributed by atoms with Crippen LogP contribution in [0.15, 0.2) is 29.0 Å². The summed E-state index contributed by atoms with van der Waals surface area (Å²) in [5, 5.41) is 6.68. The minimum Gasteiger partial charge on any atom is -0.463 e. The van der Waals surface area contributed by atoms with Crippen LogP contribution >= 0.6 is 27.5 Å². The third-order valence-corrected chi connectivity index (χ3v) is 4.29. The van der Waals surface area contributed by atoms with Crippen molar-refractivity contribution in [2.24, 2.45) is 0 Å². The highest BCUT2D eigenvalue weighted by Gasteiger charge is 2.48. The Balaban J connectivity index is 2.64. The van der Waals surface area contributed by atoms with E-state index in [1.54, 1.807) is 25.1 Å². The van der Waals surface area contributed by atoms with Gasteiger partial charge in [0.2, 0.25) is 5.60 Å². The Morgan fingerprint density at radius 1 is 1.38 bits per heavy atom. The molecule has 0 bridgehead atoms. The second-order valence-electron chi connectivity index (χ2n) is 5.54. The zero-order valence-corrected chi connectivity index (χ0v) is 16.8. The normalized spacial score (nSPS) is 13.0. The van der Waals surface area contributed by atoms with Crippen LogP contribution in [0.2, 0.25) is 5.02 Å². The van der Waals surface area contributed by atoms with Gasteiger partial charge in [0.15, 0.2) is 0 Å². The molecule has 0 radical (unpaired) electrons. The Kier molecular flexibility index (Phi) is 6.60. The first-order chi connectivity index (χ1) is 12.3. The maximum absolute atomic E-state index is 12.9. The number of esters is 1. The van der Waals surface area contributed by atoms with Crippen LogP contribution in [0.1, 0.15) is 18.3 Å². The Morgan fingerprint density at radius 2 is 2.12 bits per heavy atom. The standard InChI is InChI=1S/C16H18BrClN4O4/c1-4-25-14(23)16(26-15(24)22(2)3,8-13-19-9-20-21-13)11-6-5-10(17)7-12(11)18/h5-7,9H,4,8H2,1-3H3,(H,19,20,21). The van der Waals surface area contributed by atoms with Crippen molar-refractivity contribution in [2.75, 3.05) is 20.7 Å². The van der Waals surface area contributed by atoms with Crippen molar-refractivity contribution in [2.45, 2.75) is 18.9 Å². The minimum absolute atomic E-state index is 0.102. The molecule has 1 heterocycles. The number of halogens is 2. The van der Waals surface area contributed by atoms with E-state index in [-0.39, 0.29) is 23.6 Å². The van der Waals surface area contributed by atoms with Crippen LogP contribution in [0, 0.1) is 0 Å². The molecule has 0 spiro atoms. The number of hydrogen-bond donors (Lipinski definition) is 1. The first-order valence-electron chi connectivity index (χ1n) is 7.67. The van der Waals surface area contributed by atoms with Gasteiger partial charge in [-0.25, -0.2) is 14.6 Å². The number of amides is 1. The number of nitrogens with zero attached hydrogens (tertiary/aromatic N) is 3. The predicted molar refractivity (Wildman–Crippen MR) is 97.7 cm³/mol. The van der Waals surface area contributed by atoms with Crippen molar-refractivity contribution in [3.8, 4) is 0 Å². The number of rotatable bonds is 6. The van der Waals surface area contributed by atoms with Crippen molar-refractivity contribution in [3.05, 3.63) is 45.4 Å². The summed E-state index contributed by atoms with van der Waals surface area (Å²) < 4.78 is 11.5. The van der Waals surface area contributed by atoms with Gasteiger partial charge in [-0.05, 0) is 19.1 Å². The zero-order chi connectivity index (χ0) is 19.3. The number of hydrogen-bond acceptors (Lipinski definition) is 6. The van der Waals surface area contributed by atoms with E-state index in [1.165, 1.54) is 25.3 Å². The molecule has 2 rings (SSSR count). The average Bonchev–Trinajstić information content (AvgIpc) is 3.07. The molecule has 0 saturated heterocycles. The van der Waals surface area contributed by atoms with Gasteiger partial charge in [-0.3, -0.25) is 5.10 Å². The fourth-order valence-electron chi connectivity index (χ4n) is 2.27. The molecule has 1 aromatic carbocycles. The smallest absolute Gasteiger partial charge is 0.410 e. The largest absolute Gasteiger partial charge is 0.463 e. The number of benzene rings is 1. The average molecular weight is 446 g/mol. The Labute approximate surface area is 164 Å². The van der Waals surface area contributed by atoms with Gasteiger partial charge >= 0.3 is 12.1 Å². The van der Waals surface area contributed by atoms with Crippen LogP contribution in [-0.4, -0.2) is 52.8 Å². The van der Waals surface area contributed by atoms with Gasteiger partial charge in [-0.15, -0.1) is 0 Å². The maximum Gasteiger partial charge on any atom is 0.410 e. The van der Waals surface area contributed by atoms with E-state index in [0.29, 0.717) is 10.3 Å². The monoisotopic (exact) mass is 444 g/mol. The predicted octanol–water partition coefficient (Wildman–Crippen LogP) is 2.92. The molecule has 1 aromatic heterocycles. The molecule has 0 aliphatic carbocycles. The molecule has 1 unspecified atom stereocenters. The number of aromatic nitrogens is 3. The molecule has 1 N–H and O–H groups in total. The number of ether oxygens (including phenoxy) is 2. The summed E-state index contributed by atoms with van der Waals surface area (Å²) in [5.41, 5.74) is -1.54. The molecule has 140 valence electrons. The number of nitrogens with one attached hydrogen (secondary N) is 1. The van der Waals surface area contributed by atoms with Gasteiger partial charge in [0.25, 0.3) is 0 Å². The molecule has 26 heavy (non-hydrogen) atoms. The fraction of sp³-hybridized carbons (Fsp3) is 0.375. The topological polar surface area (TPSA) is 97.4 Å². The van der Waals surface area contributed by atoms with E-state index >= 15 is 0 Å². The fourth-order valence-corrected chi connectivity index (χ4v) is 3.09. The Hall–Kier alpha value is -2.13. The van der Waals surface area contributed by atoms with E-state index in [1.807, 2.05) is 0 Å². The lowest BCUT2D eigenvalue weighted by atomic mass is 9.89. The molecule has 10 heteroatoms. The van der Waals surface area contributed by atoms with Crippen LogP contribution < -0.4 is 0 Å². The van der Waals surface area contributed by atoms with Crippen LogP contribution in [0.5, 0.6) is 0 Å². The first-order valence-corrected chi connectivity index (χ1v) is 8.84. The second-order valence-corrected chi connectivity index (χ2v) is 6.87. The molecular formula is C16H18BrClN4O4. The Bertz CT molecular complexity index is 785. The van der Waals surface area contributed by atoms with Crippen molar-refractivity contribution in [1.82, 2.24) is 20.1 Å². The van der Waals surface area contributed by atoms with Crippen LogP contribution in [-0.2, 0) is 26.3 Å². The molecule has 1 amide bonds. The molecule has 0 aliphatic rings. The van der Waals surface area contributed by atoms with Crippen molar-refractivity contribution in [1.29, 1.82) is 0 Å². The van der Waals surface area contributed by atoms with Gasteiger partial charge in [0.1, 0.15) is 12.2 Å². The van der Waals surface area contributed by atoms with Crippen LogP contribution in [0.25, 0.3) is 0 Å². The van der Waals surface area contributed by atoms with Gasteiger partial charge in [-0.2, -0.15) is 5.10 Å². The van der Waals surface area contributed by atoms with E-state index in [0.717, 1.165) is 0 Å². The molecule has 0 aliphatic heterocycles. The van der Waals surface area contributed by atoms with E-state index < -0.39 is 17.7 Å². The first kappa shape index (κ1) is 20.2. The summed E-state index contributed by atoms with van der Waals surface area (Å²) >= 11 is 9.69. The van der Waals surface area contributed by atoms with E-state index in [4.69, 9.17) is 21.1 Å².